The van der Waals surface area contributed by atoms with Crippen LogP contribution in [0.15, 0.2) is 27.3 Å². The Labute approximate surface area is 132 Å². The summed E-state index contributed by atoms with van der Waals surface area (Å²) in [6, 6.07) is 1.75. The summed E-state index contributed by atoms with van der Waals surface area (Å²) in [6.45, 7) is 6.89. The summed E-state index contributed by atoms with van der Waals surface area (Å²) < 4.78 is 7.10. The van der Waals surface area contributed by atoms with Crippen molar-refractivity contribution in [2.24, 2.45) is 10.2 Å². The third-order valence-electron chi connectivity index (χ3n) is 2.91. The van der Waals surface area contributed by atoms with Gasteiger partial charge < -0.3 is 9.30 Å². The SMILES string of the molecule is CCCCn1ccc(OCC)c(N=Nc2nnc(C)s2)c1=O. The molecule has 0 aliphatic rings. The van der Waals surface area contributed by atoms with Crippen molar-refractivity contribution >= 4 is 22.2 Å². The summed E-state index contributed by atoms with van der Waals surface area (Å²) in [6.07, 6.45) is 3.68. The van der Waals surface area contributed by atoms with Crippen LogP contribution in [-0.2, 0) is 6.54 Å². The van der Waals surface area contributed by atoms with Crippen LogP contribution >= 0.6 is 11.3 Å². The van der Waals surface area contributed by atoms with Crippen molar-refractivity contribution in [1.82, 2.24) is 14.8 Å². The number of aromatic nitrogens is 3. The summed E-state index contributed by atoms with van der Waals surface area (Å²) >= 11 is 1.32. The smallest absolute Gasteiger partial charge is 0.282 e. The summed E-state index contributed by atoms with van der Waals surface area (Å²) in [5.74, 6) is 0.435. The molecule has 0 saturated heterocycles. The van der Waals surface area contributed by atoms with Gasteiger partial charge in [0.25, 0.3) is 10.7 Å². The van der Waals surface area contributed by atoms with E-state index in [1.54, 1.807) is 16.8 Å². The van der Waals surface area contributed by atoms with Crippen molar-refractivity contribution < 1.29 is 4.74 Å². The highest BCUT2D eigenvalue weighted by Crippen LogP contribution is 2.26. The molecule has 118 valence electrons. The first-order chi connectivity index (χ1) is 10.7. The lowest BCUT2D eigenvalue weighted by atomic mass is 10.3. The molecule has 0 unspecified atom stereocenters. The first-order valence-corrected chi connectivity index (χ1v) is 8.05. The predicted octanol–water partition coefficient (Wildman–Crippen LogP) is 3.62. The van der Waals surface area contributed by atoms with E-state index >= 15 is 0 Å². The molecule has 0 radical (unpaired) electrons. The number of pyridine rings is 1. The van der Waals surface area contributed by atoms with Gasteiger partial charge in [0.05, 0.1) is 6.61 Å². The number of aryl methyl sites for hydroxylation is 2. The number of hydrogen-bond acceptors (Lipinski definition) is 7. The minimum atomic E-state index is -0.204. The van der Waals surface area contributed by atoms with E-state index in [4.69, 9.17) is 4.74 Å². The monoisotopic (exact) mass is 321 g/mol. The zero-order chi connectivity index (χ0) is 15.9. The highest BCUT2D eigenvalue weighted by atomic mass is 32.1. The minimum absolute atomic E-state index is 0.202. The van der Waals surface area contributed by atoms with Gasteiger partial charge in [-0.2, -0.15) is 0 Å². The molecule has 2 heterocycles. The Bertz CT molecular complexity index is 707. The summed E-state index contributed by atoms with van der Waals surface area (Å²) in [4.78, 5) is 12.5. The largest absolute Gasteiger partial charge is 0.491 e. The van der Waals surface area contributed by atoms with E-state index < -0.39 is 0 Å². The second-order valence-electron chi connectivity index (χ2n) is 4.62. The second kappa shape index (κ2) is 7.79. The topological polar surface area (TPSA) is 81.7 Å². The van der Waals surface area contributed by atoms with Gasteiger partial charge in [0.2, 0.25) is 0 Å². The predicted molar refractivity (Wildman–Crippen MR) is 85.6 cm³/mol. The molecule has 0 aliphatic heterocycles. The molecular formula is C14H19N5O2S. The maximum atomic E-state index is 12.5. The molecule has 2 aromatic rings. The van der Waals surface area contributed by atoms with Gasteiger partial charge in [-0.25, -0.2) is 0 Å². The molecule has 2 aromatic heterocycles. The quantitative estimate of drug-likeness (QED) is 0.729. The molecule has 0 N–H and O–H groups in total. The fourth-order valence-electron chi connectivity index (χ4n) is 1.83. The van der Waals surface area contributed by atoms with Crippen LogP contribution in [0, 0.1) is 6.92 Å². The lowest BCUT2D eigenvalue weighted by Gasteiger charge is -2.09. The van der Waals surface area contributed by atoms with E-state index in [0.29, 0.717) is 24.0 Å². The number of unbranched alkanes of at least 4 members (excludes halogenated alkanes) is 1. The van der Waals surface area contributed by atoms with Gasteiger partial charge in [-0.1, -0.05) is 24.7 Å². The van der Waals surface area contributed by atoms with E-state index in [9.17, 15) is 4.79 Å². The Morgan fingerprint density at radius 3 is 2.77 bits per heavy atom. The van der Waals surface area contributed by atoms with Crippen molar-refractivity contribution in [2.75, 3.05) is 6.61 Å². The van der Waals surface area contributed by atoms with Crippen molar-refractivity contribution in [1.29, 1.82) is 0 Å². The number of azo groups is 1. The Kier molecular flexibility index (Phi) is 5.76. The number of hydrogen-bond donors (Lipinski definition) is 0. The van der Waals surface area contributed by atoms with Crippen LogP contribution < -0.4 is 10.3 Å². The lowest BCUT2D eigenvalue weighted by Crippen LogP contribution is -2.19. The average molecular weight is 321 g/mol. The molecule has 0 fully saturated rings. The van der Waals surface area contributed by atoms with Crippen LogP contribution in [0.1, 0.15) is 31.7 Å². The van der Waals surface area contributed by atoms with E-state index in [1.165, 1.54) is 11.3 Å². The van der Waals surface area contributed by atoms with Gasteiger partial charge in [0.15, 0.2) is 11.4 Å². The van der Waals surface area contributed by atoms with Crippen LogP contribution in [0.5, 0.6) is 5.75 Å². The van der Waals surface area contributed by atoms with Gasteiger partial charge in [0, 0.05) is 12.7 Å². The molecule has 2 rings (SSSR count). The van der Waals surface area contributed by atoms with E-state index in [2.05, 4.69) is 27.3 Å². The standard InChI is InChI=1S/C14H19N5O2S/c1-4-6-8-19-9-7-11(21-5-2)12(13(19)20)16-18-14-17-15-10(3)22-14/h7,9H,4-6,8H2,1-3H3. The van der Waals surface area contributed by atoms with Crippen molar-refractivity contribution in [3.8, 4) is 5.75 Å². The second-order valence-corrected chi connectivity index (χ2v) is 5.78. The highest BCUT2D eigenvalue weighted by molar-refractivity contribution is 7.14. The zero-order valence-electron chi connectivity index (χ0n) is 12.9. The molecule has 0 saturated carbocycles. The zero-order valence-corrected chi connectivity index (χ0v) is 13.8. The molecule has 0 atom stereocenters. The number of nitrogens with zero attached hydrogens (tertiary/aromatic N) is 5. The van der Waals surface area contributed by atoms with Crippen molar-refractivity contribution in [3.05, 3.63) is 27.6 Å². The third-order valence-corrected chi connectivity index (χ3v) is 3.63. The molecule has 0 amide bonds. The van der Waals surface area contributed by atoms with Crippen molar-refractivity contribution in [3.63, 3.8) is 0 Å². The summed E-state index contributed by atoms with van der Waals surface area (Å²) in [5, 5.41) is 17.0. The average Bonchev–Trinajstić information content (AvgIpc) is 2.92. The van der Waals surface area contributed by atoms with Gasteiger partial charge in [-0.15, -0.1) is 20.4 Å². The van der Waals surface area contributed by atoms with Crippen molar-refractivity contribution in [2.45, 2.75) is 40.2 Å². The van der Waals surface area contributed by atoms with Gasteiger partial charge in [-0.3, -0.25) is 4.79 Å². The van der Waals surface area contributed by atoms with Crippen LogP contribution in [-0.4, -0.2) is 21.4 Å². The van der Waals surface area contributed by atoms with Gasteiger partial charge in [-0.05, 0) is 26.3 Å². The van der Waals surface area contributed by atoms with E-state index in [1.807, 2.05) is 13.8 Å². The third kappa shape index (κ3) is 3.97. The summed E-state index contributed by atoms with van der Waals surface area (Å²) in [5.41, 5.74) is -0.00214. The van der Waals surface area contributed by atoms with E-state index in [-0.39, 0.29) is 11.2 Å². The van der Waals surface area contributed by atoms with E-state index in [0.717, 1.165) is 17.8 Å². The lowest BCUT2D eigenvalue weighted by molar-refractivity contribution is 0.339. The fraction of sp³-hybridized carbons (Fsp3) is 0.500. The summed E-state index contributed by atoms with van der Waals surface area (Å²) in [7, 11) is 0. The first-order valence-electron chi connectivity index (χ1n) is 7.23. The van der Waals surface area contributed by atoms with Gasteiger partial charge in [0.1, 0.15) is 5.01 Å². The molecule has 0 bridgehead atoms. The molecule has 0 aliphatic carbocycles. The fourth-order valence-corrected chi connectivity index (χ4v) is 2.34. The van der Waals surface area contributed by atoms with Crippen LogP contribution in [0.4, 0.5) is 10.8 Å². The molecule has 8 heteroatoms. The first kappa shape index (κ1) is 16.3. The molecule has 7 nitrogen and oxygen atoms in total. The Morgan fingerprint density at radius 2 is 2.14 bits per heavy atom. The molecule has 22 heavy (non-hydrogen) atoms. The normalized spacial score (nSPS) is 11.2. The van der Waals surface area contributed by atoms with Gasteiger partial charge >= 0.3 is 0 Å². The maximum absolute atomic E-state index is 12.5. The molecular weight excluding hydrogens is 302 g/mol. The molecule has 0 aromatic carbocycles. The van der Waals surface area contributed by atoms with Crippen LogP contribution in [0.2, 0.25) is 0 Å². The number of rotatable bonds is 7. The minimum Gasteiger partial charge on any atom is -0.491 e. The maximum Gasteiger partial charge on any atom is 0.282 e. The molecule has 0 spiro atoms. The Hall–Kier alpha value is -2.09. The number of ether oxygens (including phenoxy) is 1. The Balaban J connectivity index is 2.36. The Morgan fingerprint density at radius 1 is 1.32 bits per heavy atom. The van der Waals surface area contributed by atoms with Crippen LogP contribution in [0.3, 0.4) is 0 Å². The van der Waals surface area contributed by atoms with Crippen LogP contribution in [0.25, 0.3) is 0 Å². The highest BCUT2D eigenvalue weighted by Gasteiger charge is 2.11.